The van der Waals surface area contributed by atoms with Gasteiger partial charge >= 0.3 is 0 Å². The summed E-state index contributed by atoms with van der Waals surface area (Å²) >= 11 is 1.40. The molecule has 0 saturated carbocycles. The largest absolute Gasteiger partial charge is 0.508 e. The van der Waals surface area contributed by atoms with Crippen LogP contribution in [-0.2, 0) is 11.2 Å². The molecule has 0 fully saturated rings. The molecule has 1 amide bonds. The summed E-state index contributed by atoms with van der Waals surface area (Å²) in [6.45, 7) is 1.06. The van der Waals surface area contributed by atoms with Crippen LogP contribution in [0.1, 0.15) is 12.0 Å². The first-order valence-electron chi connectivity index (χ1n) is 7.96. The standard InChI is InChI=1S/C18H16N2O4S/c21-13-4-2-1-3-11(13)5-6-17(22)20-18-19-12-9-14-15(10-16(12)25-18)24-8-7-23-14/h1-4,9-10,21H,5-8H2,(H,19,20,22). The van der Waals surface area contributed by atoms with Crippen molar-refractivity contribution in [3.8, 4) is 17.2 Å². The van der Waals surface area contributed by atoms with Gasteiger partial charge in [0.05, 0.1) is 10.2 Å². The van der Waals surface area contributed by atoms with Gasteiger partial charge in [-0.05, 0) is 18.1 Å². The van der Waals surface area contributed by atoms with Gasteiger partial charge in [0, 0.05) is 18.6 Å². The third-order valence-corrected chi connectivity index (χ3v) is 4.85. The third-order valence-electron chi connectivity index (χ3n) is 3.91. The molecule has 1 aliphatic heterocycles. The molecule has 6 nitrogen and oxygen atoms in total. The van der Waals surface area contributed by atoms with Crippen LogP contribution in [0.2, 0.25) is 0 Å². The number of carbonyl (C=O) groups is 1. The highest BCUT2D eigenvalue weighted by molar-refractivity contribution is 7.22. The molecule has 2 aromatic carbocycles. The number of ether oxygens (including phenoxy) is 2. The molecule has 7 heteroatoms. The Balaban J connectivity index is 1.45. The summed E-state index contributed by atoms with van der Waals surface area (Å²) in [7, 11) is 0. The van der Waals surface area contributed by atoms with E-state index in [0.29, 0.717) is 36.3 Å². The smallest absolute Gasteiger partial charge is 0.226 e. The van der Waals surface area contributed by atoms with Crippen molar-refractivity contribution in [3.05, 3.63) is 42.0 Å². The highest BCUT2D eigenvalue weighted by atomic mass is 32.1. The van der Waals surface area contributed by atoms with Gasteiger partial charge in [0.1, 0.15) is 19.0 Å². The lowest BCUT2D eigenvalue weighted by Crippen LogP contribution is -2.15. The van der Waals surface area contributed by atoms with Crippen LogP contribution in [0.3, 0.4) is 0 Å². The fourth-order valence-corrected chi connectivity index (χ4v) is 3.56. The molecule has 2 N–H and O–H groups in total. The topological polar surface area (TPSA) is 80.7 Å². The average Bonchev–Trinajstić information content (AvgIpc) is 2.99. The van der Waals surface area contributed by atoms with E-state index in [1.165, 1.54) is 11.3 Å². The number of aryl methyl sites for hydroxylation is 1. The summed E-state index contributed by atoms with van der Waals surface area (Å²) < 4.78 is 12.0. The van der Waals surface area contributed by atoms with Gasteiger partial charge in [0.25, 0.3) is 0 Å². The van der Waals surface area contributed by atoms with Gasteiger partial charge in [-0.15, -0.1) is 0 Å². The number of amides is 1. The predicted molar refractivity (Wildman–Crippen MR) is 95.7 cm³/mol. The monoisotopic (exact) mass is 356 g/mol. The second kappa shape index (κ2) is 6.60. The summed E-state index contributed by atoms with van der Waals surface area (Å²) in [5, 5.41) is 13.1. The molecule has 0 unspecified atom stereocenters. The van der Waals surface area contributed by atoms with E-state index in [9.17, 15) is 9.90 Å². The van der Waals surface area contributed by atoms with Gasteiger partial charge in [-0.25, -0.2) is 4.98 Å². The first-order chi connectivity index (χ1) is 12.2. The molecule has 0 atom stereocenters. The van der Waals surface area contributed by atoms with Crippen LogP contribution in [0.5, 0.6) is 17.2 Å². The number of aromatic nitrogens is 1. The molecular weight excluding hydrogens is 340 g/mol. The van der Waals surface area contributed by atoms with Crippen LogP contribution >= 0.6 is 11.3 Å². The molecule has 25 heavy (non-hydrogen) atoms. The van der Waals surface area contributed by atoms with Gasteiger partial charge in [0.15, 0.2) is 16.6 Å². The van der Waals surface area contributed by atoms with Crippen molar-refractivity contribution in [2.75, 3.05) is 18.5 Å². The number of nitrogens with one attached hydrogen (secondary N) is 1. The normalized spacial score (nSPS) is 13.0. The van der Waals surface area contributed by atoms with Gasteiger partial charge in [-0.1, -0.05) is 29.5 Å². The van der Waals surface area contributed by atoms with Crippen LogP contribution in [-0.4, -0.2) is 29.2 Å². The number of anilines is 1. The van der Waals surface area contributed by atoms with Crippen molar-refractivity contribution < 1.29 is 19.4 Å². The highest BCUT2D eigenvalue weighted by Gasteiger charge is 2.16. The molecule has 3 aromatic rings. The molecule has 0 bridgehead atoms. The van der Waals surface area contributed by atoms with Gasteiger partial charge < -0.3 is 19.9 Å². The summed E-state index contributed by atoms with van der Waals surface area (Å²) in [6, 6.07) is 10.7. The quantitative estimate of drug-likeness (QED) is 0.749. The van der Waals surface area contributed by atoms with E-state index in [1.807, 2.05) is 24.3 Å². The SMILES string of the molecule is O=C(CCc1ccccc1O)Nc1nc2cc3c(cc2s1)OCCO3. The summed E-state index contributed by atoms with van der Waals surface area (Å²) in [5.41, 5.74) is 1.52. The second-order valence-electron chi connectivity index (χ2n) is 5.66. The molecule has 0 spiro atoms. The van der Waals surface area contributed by atoms with E-state index < -0.39 is 0 Å². The molecule has 0 aliphatic carbocycles. The van der Waals surface area contributed by atoms with Crippen LogP contribution < -0.4 is 14.8 Å². The number of carbonyl (C=O) groups excluding carboxylic acids is 1. The van der Waals surface area contributed by atoms with E-state index in [-0.39, 0.29) is 18.1 Å². The first-order valence-corrected chi connectivity index (χ1v) is 8.77. The Morgan fingerprint density at radius 2 is 1.96 bits per heavy atom. The molecule has 2 heterocycles. The Morgan fingerprint density at radius 1 is 1.20 bits per heavy atom. The number of hydrogen-bond acceptors (Lipinski definition) is 6. The zero-order valence-corrected chi connectivity index (χ0v) is 14.1. The van der Waals surface area contributed by atoms with Crippen LogP contribution in [0.4, 0.5) is 5.13 Å². The minimum Gasteiger partial charge on any atom is -0.508 e. The third kappa shape index (κ3) is 3.36. The minimum absolute atomic E-state index is 0.139. The van der Waals surface area contributed by atoms with Crippen molar-refractivity contribution in [3.63, 3.8) is 0 Å². The van der Waals surface area contributed by atoms with Gasteiger partial charge in [-0.2, -0.15) is 0 Å². The lowest BCUT2D eigenvalue weighted by molar-refractivity contribution is -0.116. The number of para-hydroxylation sites is 1. The molecule has 1 aliphatic rings. The Kier molecular flexibility index (Phi) is 4.15. The van der Waals surface area contributed by atoms with E-state index in [0.717, 1.165) is 15.8 Å². The number of phenols is 1. The lowest BCUT2D eigenvalue weighted by atomic mass is 10.1. The highest BCUT2D eigenvalue weighted by Crippen LogP contribution is 2.37. The Bertz CT molecular complexity index is 895. The molecular formula is C18H16N2O4S. The maximum Gasteiger partial charge on any atom is 0.226 e. The van der Waals surface area contributed by atoms with Crippen molar-refractivity contribution in [1.82, 2.24) is 4.98 Å². The lowest BCUT2D eigenvalue weighted by Gasteiger charge is -2.17. The fraction of sp³-hybridized carbons (Fsp3) is 0.222. The summed E-state index contributed by atoms with van der Waals surface area (Å²) in [6.07, 6.45) is 0.746. The average molecular weight is 356 g/mol. The maximum atomic E-state index is 12.2. The Labute approximate surface area is 148 Å². The fourth-order valence-electron chi connectivity index (χ4n) is 2.67. The van der Waals surface area contributed by atoms with Gasteiger partial charge in [0.2, 0.25) is 5.91 Å². The first kappa shape index (κ1) is 15.7. The summed E-state index contributed by atoms with van der Waals surface area (Å²) in [5.74, 6) is 1.46. The van der Waals surface area contributed by atoms with Crippen LogP contribution in [0.15, 0.2) is 36.4 Å². The Hall–Kier alpha value is -2.80. The van der Waals surface area contributed by atoms with Crippen LogP contribution in [0.25, 0.3) is 10.2 Å². The van der Waals surface area contributed by atoms with Crippen molar-refractivity contribution in [1.29, 1.82) is 0 Å². The van der Waals surface area contributed by atoms with E-state index >= 15 is 0 Å². The number of nitrogens with zero attached hydrogens (tertiary/aromatic N) is 1. The number of hydrogen-bond donors (Lipinski definition) is 2. The van der Waals surface area contributed by atoms with Crippen molar-refractivity contribution in [2.24, 2.45) is 0 Å². The number of benzene rings is 2. The second-order valence-corrected chi connectivity index (χ2v) is 6.69. The maximum absolute atomic E-state index is 12.2. The van der Waals surface area contributed by atoms with Crippen LogP contribution in [0, 0.1) is 0 Å². The van der Waals surface area contributed by atoms with E-state index in [2.05, 4.69) is 10.3 Å². The molecule has 4 rings (SSSR count). The predicted octanol–water partition coefficient (Wildman–Crippen LogP) is 3.34. The molecule has 1 aromatic heterocycles. The zero-order valence-electron chi connectivity index (χ0n) is 13.3. The number of fused-ring (bicyclic) bond motifs is 2. The molecule has 128 valence electrons. The van der Waals surface area contributed by atoms with E-state index in [1.54, 1.807) is 12.1 Å². The number of rotatable bonds is 4. The van der Waals surface area contributed by atoms with Gasteiger partial charge in [-0.3, -0.25) is 4.79 Å². The molecule has 0 radical (unpaired) electrons. The van der Waals surface area contributed by atoms with E-state index in [4.69, 9.17) is 9.47 Å². The molecule has 0 saturated heterocycles. The van der Waals surface area contributed by atoms with Crippen molar-refractivity contribution >= 4 is 32.6 Å². The Morgan fingerprint density at radius 3 is 2.76 bits per heavy atom. The minimum atomic E-state index is -0.139. The van der Waals surface area contributed by atoms with Crippen molar-refractivity contribution in [2.45, 2.75) is 12.8 Å². The zero-order chi connectivity index (χ0) is 17.2. The number of phenolic OH excluding ortho intramolecular Hbond substituents is 1. The number of thiazole rings is 1. The number of aromatic hydroxyl groups is 1. The summed E-state index contributed by atoms with van der Waals surface area (Å²) in [4.78, 5) is 16.6.